The predicted octanol–water partition coefficient (Wildman–Crippen LogP) is 4.88. The third-order valence-corrected chi connectivity index (χ3v) is 7.59. The van der Waals surface area contributed by atoms with E-state index in [1.54, 1.807) is 36.4 Å². The minimum absolute atomic E-state index is 0.0241. The average Bonchev–Trinajstić information content (AvgIpc) is 3.70. The topological polar surface area (TPSA) is 112 Å². The second-order valence-electron chi connectivity index (χ2n) is 10.5. The Morgan fingerprint density at radius 3 is 2.28 bits per heavy atom. The number of hydrogen-bond donors (Lipinski definition) is 4. The number of nitrogens with one attached hydrogen (secondary N) is 1. The van der Waals surface area contributed by atoms with Gasteiger partial charge >= 0.3 is 0 Å². The molecule has 1 fully saturated rings. The number of aromatic nitrogens is 1. The lowest BCUT2D eigenvalue weighted by molar-refractivity contribution is -0.0845. The lowest BCUT2D eigenvalue weighted by Gasteiger charge is -2.40. The zero-order valence-corrected chi connectivity index (χ0v) is 23.1. The molecular formula is C29H31Cl2FN2O5. The van der Waals surface area contributed by atoms with Crippen molar-refractivity contribution in [2.45, 2.75) is 44.1 Å². The number of benzene rings is 2. The Morgan fingerprint density at radius 1 is 1.10 bits per heavy atom. The van der Waals surface area contributed by atoms with Crippen LogP contribution < -0.4 is 5.32 Å². The van der Waals surface area contributed by atoms with E-state index in [1.165, 1.54) is 26.1 Å². The Kier molecular flexibility index (Phi) is 8.78. The number of rotatable bonds is 12. The molecule has 7 nitrogen and oxygen atoms in total. The first-order chi connectivity index (χ1) is 18.5. The van der Waals surface area contributed by atoms with Crippen molar-refractivity contribution >= 4 is 29.5 Å². The molecule has 10 heteroatoms. The lowest BCUT2D eigenvalue weighted by Crippen LogP contribution is -2.51. The molecule has 0 bridgehead atoms. The Morgan fingerprint density at radius 2 is 1.77 bits per heavy atom. The van der Waals surface area contributed by atoms with Crippen LogP contribution in [0.3, 0.4) is 0 Å². The van der Waals surface area contributed by atoms with E-state index in [2.05, 4.69) is 10.3 Å². The van der Waals surface area contributed by atoms with Gasteiger partial charge in [0.25, 0.3) is 0 Å². The summed E-state index contributed by atoms with van der Waals surface area (Å²) >= 11 is 12.2. The Labute approximate surface area is 236 Å². The molecule has 1 saturated carbocycles. The Balaban J connectivity index is 1.98. The fourth-order valence-electron chi connectivity index (χ4n) is 4.47. The van der Waals surface area contributed by atoms with Crippen LogP contribution in [0, 0.1) is 11.2 Å². The van der Waals surface area contributed by atoms with Crippen LogP contribution in [0.4, 0.5) is 4.39 Å². The molecule has 1 heterocycles. The third-order valence-electron chi connectivity index (χ3n) is 7.11. The molecule has 0 amide bonds. The van der Waals surface area contributed by atoms with E-state index in [-0.39, 0.29) is 29.9 Å². The number of pyridine rings is 1. The second kappa shape index (κ2) is 11.6. The normalized spacial score (nSPS) is 16.9. The van der Waals surface area contributed by atoms with Gasteiger partial charge in [0.05, 0.1) is 42.2 Å². The van der Waals surface area contributed by atoms with Crippen LogP contribution in [0.1, 0.15) is 65.5 Å². The summed E-state index contributed by atoms with van der Waals surface area (Å²) in [5.41, 5.74) is -3.01. The van der Waals surface area contributed by atoms with Gasteiger partial charge in [-0.05, 0) is 68.7 Å². The first kappa shape index (κ1) is 29.6. The maximum Gasteiger partial charge on any atom is 0.175 e. The van der Waals surface area contributed by atoms with Crippen LogP contribution >= 0.6 is 23.2 Å². The molecule has 2 atom stereocenters. The van der Waals surface area contributed by atoms with Gasteiger partial charge in [0.15, 0.2) is 12.0 Å². The van der Waals surface area contributed by atoms with Crippen LogP contribution in [0.15, 0.2) is 54.7 Å². The molecule has 0 aliphatic heterocycles. The van der Waals surface area contributed by atoms with Gasteiger partial charge in [-0.15, -0.1) is 0 Å². The molecule has 0 saturated heterocycles. The summed E-state index contributed by atoms with van der Waals surface area (Å²) in [5.74, 6) is -0.811. The van der Waals surface area contributed by atoms with E-state index in [0.717, 1.165) is 6.07 Å². The largest absolute Gasteiger partial charge is 0.396 e. The number of carbonyl (C=O) groups is 1. The molecule has 4 N–H and O–H groups in total. The number of ether oxygens (including phenoxy) is 1. The van der Waals surface area contributed by atoms with Crippen molar-refractivity contribution in [3.63, 3.8) is 0 Å². The van der Waals surface area contributed by atoms with Crippen molar-refractivity contribution in [1.29, 1.82) is 0 Å². The molecule has 3 aromatic rings. The Bertz CT molecular complexity index is 1310. The molecule has 1 aliphatic carbocycles. The predicted molar refractivity (Wildman–Crippen MR) is 146 cm³/mol. The van der Waals surface area contributed by atoms with Gasteiger partial charge in [-0.25, -0.2) is 4.39 Å². The number of aldehydes is 1. The van der Waals surface area contributed by atoms with Crippen molar-refractivity contribution < 1.29 is 29.2 Å². The van der Waals surface area contributed by atoms with Crippen LogP contribution in [0.5, 0.6) is 0 Å². The van der Waals surface area contributed by atoms with Gasteiger partial charge in [-0.2, -0.15) is 0 Å². The van der Waals surface area contributed by atoms with Crippen LogP contribution in [-0.2, 0) is 16.1 Å². The van der Waals surface area contributed by atoms with Crippen LogP contribution in [0.2, 0.25) is 10.0 Å². The average molecular weight is 577 g/mol. The highest BCUT2D eigenvalue weighted by Gasteiger charge is 2.48. The van der Waals surface area contributed by atoms with Crippen molar-refractivity contribution in [2.24, 2.45) is 5.41 Å². The lowest BCUT2D eigenvalue weighted by atomic mass is 9.85. The number of hydrogen-bond acceptors (Lipinski definition) is 7. The van der Waals surface area contributed by atoms with Crippen molar-refractivity contribution in [3.05, 3.63) is 98.5 Å². The highest BCUT2D eigenvalue weighted by atomic mass is 35.5. The summed E-state index contributed by atoms with van der Waals surface area (Å²) in [4.78, 5) is 16.8. The van der Waals surface area contributed by atoms with Gasteiger partial charge in [0.1, 0.15) is 5.82 Å². The van der Waals surface area contributed by atoms with Crippen LogP contribution in [-0.4, -0.2) is 46.4 Å². The highest BCUT2D eigenvalue weighted by molar-refractivity contribution is 6.30. The van der Waals surface area contributed by atoms with Gasteiger partial charge in [-0.3, -0.25) is 15.1 Å². The molecule has 2 unspecified atom stereocenters. The number of nitrogens with zero attached hydrogens (tertiary/aromatic N) is 1. The molecule has 4 rings (SSSR count). The fourth-order valence-corrected chi connectivity index (χ4v) is 4.70. The van der Waals surface area contributed by atoms with Crippen molar-refractivity contribution in [2.75, 3.05) is 19.8 Å². The summed E-state index contributed by atoms with van der Waals surface area (Å²) < 4.78 is 22.8. The van der Waals surface area contributed by atoms with Gasteiger partial charge in [-0.1, -0.05) is 35.3 Å². The summed E-state index contributed by atoms with van der Waals surface area (Å²) in [7, 11) is 0. The second-order valence-corrected chi connectivity index (χ2v) is 11.4. The van der Waals surface area contributed by atoms with E-state index in [0.29, 0.717) is 40.4 Å². The molecule has 39 heavy (non-hydrogen) atoms. The molecule has 1 aliphatic rings. The van der Waals surface area contributed by atoms with E-state index in [9.17, 15) is 20.1 Å². The van der Waals surface area contributed by atoms with E-state index < -0.39 is 35.2 Å². The summed E-state index contributed by atoms with van der Waals surface area (Å²) in [5, 5.41) is 35.1. The quantitative estimate of drug-likeness (QED) is 0.179. The molecule has 1 aromatic heterocycles. The standard InChI is InChI=1S/C29H31Cl2FN2O5/c1-27(2,38)20-11-18(14-35)26(23(32)12-20)29(19-3-5-21(30)6-4-19,39-17-28(16-37)9-10-28)34-25(15-36)24-8-7-22(31)13-33-24/h3-8,11-14,25,34,36-38H,9-10,15-17H2,1-2H3. The zero-order valence-electron chi connectivity index (χ0n) is 21.6. The number of aliphatic hydroxyl groups is 3. The van der Waals surface area contributed by atoms with Gasteiger partial charge < -0.3 is 20.1 Å². The van der Waals surface area contributed by atoms with E-state index >= 15 is 4.39 Å². The number of aliphatic hydroxyl groups excluding tert-OH is 2. The summed E-state index contributed by atoms with van der Waals surface area (Å²) in [6.45, 7) is 2.41. The fraction of sp³-hybridized carbons (Fsp3) is 0.379. The minimum atomic E-state index is -1.84. The van der Waals surface area contributed by atoms with E-state index in [4.69, 9.17) is 27.9 Å². The minimum Gasteiger partial charge on any atom is -0.396 e. The maximum atomic E-state index is 16.3. The summed E-state index contributed by atoms with van der Waals surface area (Å²) in [6.07, 6.45) is 3.34. The highest BCUT2D eigenvalue weighted by Crippen LogP contribution is 2.48. The van der Waals surface area contributed by atoms with Crippen molar-refractivity contribution in [3.8, 4) is 0 Å². The van der Waals surface area contributed by atoms with Crippen molar-refractivity contribution in [1.82, 2.24) is 10.3 Å². The number of halogens is 3. The SMILES string of the molecule is CC(C)(O)c1cc(F)c(C(NC(CO)c2ccc(Cl)cn2)(OCC2(CO)CC2)c2ccc(Cl)cc2)c(C=O)c1. The zero-order chi connectivity index (χ0) is 28.4. The molecule has 208 valence electrons. The number of carbonyl (C=O) groups excluding carboxylic acids is 1. The van der Waals surface area contributed by atoms with E-state index in [1.807, 2.05) is 0 Å². The van der Waals surface area contributed by atoms with Gasteiger partial charge in [0, 0.05) is 33.3 Å². The maximum absolute atomic E-state index is 16.3. The smallest absolute Gasteiger partial charge is 0.175 e. The first-order valence-corrected chi connectivity index (χ1v) is 13.3. The molecular weight excluding hydrogens is 546 g/mol. The molecule has 0 radical (unpaired) electrons. The monoisotopic (exact) mass is 576 g/mol. The summed E-state index contributed by atoms with van der Waals surface area (Å²) in [6, 6.07) is 11.4. The van der Waals surface area contributed by atoms with Crippen LogP contribution in [0.25, 0.3) is 0 Å². The third kappa shape index (κ3) is 6.33. The molecule has 2 aromatic carbocycles. The first-order valence-electron chi connectivity index (χ1n) is 12.5. The Hall–Kier alpha value is -2.43. The molecule has 0 spiro atoms. The van der Waals surface area contributed by atoms with Gasteiger partial charge in [0.2, 0.25) is 0 Å².